The minimum atomic E-state index is -1.46. The lowest BCUT2D eigenvalue weighted by atomic mass is 9.96. The van der Waals surface area contributed by atoms with Gasteiger partial charge in [0.05, 0.1) is 18.3 Å². The second-order valence-corrected chi connectivity index (χ2v) is 11.1. The van der Waals surface area contributed by atoms with E-state index >= 15 is 4.39 Å². The number of hydrazine groups is 1. The van der Waals surface area contributed by atoms with Crippen LogP contribution in [0.3, 0.4) is 0 Å². The fourth-order valence-corrected chi connectivity index (χ4v) is 4.91. The molecule has 2 aliphatic rings. The Morgan fingerprint density at radius 1 is 1.39 bits per heavy atom. The molecule has 5 N–H and O–H groups in total. The van der Waals surface area contributed by atoms with Gasteiger partial charge < -0.3 is 34.6 Å². The van der Waals surface area contributed by atoms with Crippen LogP contribution in [0, 0.1) is 5.82 Å². The van der Waals surface area contributed by atoms with Gasteiger partial charge >= 0.3 is 5.97 Å². The first kappa shape index (κ1) is 30.1. The normalized spacial score (nSPS) is 16.2. The molecular weight excluding hydrogens is 533 g/mol. The van der Waals surface area contributed by atoms with Gasteiger partial charge in [-0.15, -0.1) is 0 Å². The number of halogens is 1. The van der Waals surface area contributed by atoms with E-state index in [0.717, 1.165) is 11.1 Å². The van der Waals surface area contributed by atoms with E-state index in [1.54, 1.807) is 37.5 Å². The van der Waals surface area contributed by atoms with Crippen LogP contribution in [0.2, 0.25) is 0 Å². The molecule has 1 aromatic carbocycles. The van der Waals surface area contributed by atoms with Crippen molar-refractivity contribution < 1.29 is 28.6 Å². The van der Waals surface area contributed by atoms with Crippen LogP contribution in [0.5, 0.6) is 0 Å². The Balaban J connectivity index is 1.47. The first-order chi connectivity index (χ1) is 19.3. The molecule has 4 rings (SSSR count). The van der Waals surface area contributed by atoms with E-state index in [-0.39, 0.29) is 41.1 Å². The summed E-state index contributed by atoms with van der Waals surface area (Å²) < 4.78 is 27.0. The number of hydrogen-bond donors (Lipinski definition) is 4. The summed E-state index contributed by atoms with van der Waals surface area (Å²) in [4.78, 5) is 36.7. The van der Waals surface area contributed by atoms with Gasteiger partial charge in [-0.3, -0.25) is 10.6 Å². The second-order valence-electron chi connectivity index (χ2n) is 11.1. The van der Waals surface area contributed by atoms with Gasteiger partial charge in [-0.1, -0.05) is 6.58 Å². The zero-order valence-electron chi connectivity index (χ0n) is 23.6. The maximum atomic E-state index is 15.0. The minimum absolute atomic E-state index is 0.0493. The van der Waals surface area contributed by atoms with Crippen LogP contribution in [0.25, 0.3) is 6.08 Å². The quantitative estimate of drug-likeness (QED) is 0.105. The Bertz CT molecular complexity index is 1460. The van der Waals surface area contributed by atoms with Gasteiger partial charge in [-0.05, 0) is 56.2 Å². The topological polar surface area (TPSA) is 148 Å². The van der Waals surface area contributed by atoms with Crippen molar-refractivity contribution in [1.29, 1.82) is 0 Å². The maximum absolute atomic E-state index is 15.0. The number of benzene rings is 1. The van der Waals surface area contributed by atoms with Crippen LogP contribution in [-0.2, 0) is 32.2 Å². The number of methoxy groups -OCH3 is 1. The molecule has 0 amide bonds. The Morgan fingerprint density at radius 2 is 2.12 bits per heavy atom. The number of nitrogens with two attached hydrogens (primary N) is 1. The fourth-order valence-electron chi connectivity index (χ4n) is 4.91. The molecule has 1 aromatic heterocycles. The Morgan fingerprint density at radius 3 is 2.78 bits per heavy atom. The summed E-state index contributed by atoms with van der Waals surface area (Å²) in [5.41, 5.74) is 2.62. The first-order valence-electron chi connectivity index (χ1n) is 13.2. The number of aliphatic hydroxyl groups excluding tert-OH is 1. The molecule has 0 aliphatic carbocycles. The van der Waals surface area contributed by atoms with Crippen LogP contribution in [0.4, 0.5) is 15.8 Å². The van der Waals surface area contributed by atoms with E-state index in [9.17, 15) is 19.5 Å². The standard InChI is InChI=1S/C29H36FN5O6/c1-16(28(39)41-29(2,3)4)12-34(31)7-6-32-23-9-17-8-18-13-35-24(26(18)33-22(17)11-21(23)30)10-19(25(37)14-36)20(15-40-5)27(35)38/h8-11,14,25-26,32-33,37H,1,6-7,12-13,15,31H2,2-5H3. The average Bonchev–Trinajstić information content (AvgIpc) is 3.25. The molecule has 220 valence electrons. The number of carbonyl (C=O) groups is 2. The number of nitrogens with zero attached hydrogens (tertiary/aromatic N) is 2. The highest BCUT2D eigenvalue weighted by molar-refractivity contribution is 5.88. The largest absolute Gasteiger partial charge is 0.457 e. The van der Waals surface area contributed by atoms with Gasteiger partial charge in [0.2, 0.25) is 0 Å². The number of esters is 1. The lowest BCUT2D eigenvalue weighted by molar-refractivity contribution is -0.150. The zero-order chi connectivity index (χ0) is 30.1. The Labute approximate surface area is 237 Å². The number of anilines is 2. The molecule has 2 unspecified atom stereocenters. The molecule has 11 nitrogen and oxygen atoms in total. The monoisotopic (exact) mass is 569 g/mol. The lowest BCUT2D eigenvalue weighted by Gasteiger charge is -2.25. The summed E-state index contributed by atoms with van der Waals surface area (Å²) in [5.74, 6) is 5.00. The van der Waals surface area contributed by atoms with Gasteiger partial charge in [0.15, 0.2) is 6.29 Å². The van der Waals surface area contributed by atoms with Crippen LogP contribution >= 0.6 is 0 Å². The average molecular weight is 570 g/mol. The molecular formula is C29H36FN5O6. The molecule has 0 radical (unpaired) electrons. The first-order valence-corrected chi connectivity index (χ1v) is 13.2. The predicted molar refractivity (Wildman–Crippen MR) is 152 cm³/mol. The second kappa shape index (κ2) is 12.0. The van der Waals surface area contributed by atoms with Crippen molar-refractivity contribution in [2.45, 2.75) is 51.7 Å². The van der Waals surface area contributed by atoms with Crippen molar-refractivity contribution in [2.24, 2.45) is 5.84 Å². The SMILES string of the molecule is C=C(CN(N)CCNc1cc2c(cc1F)NC1C(=C2)Cn2c1cc(C(O)C=O)c(COC)c2=O)C(=O)OC(C)(C)C. The predicted octanol–water partition coefficient (Wildman–Crippen LogP) is 2.42. The maximum Gasteiger partial charge on any atom is 0.335 e. The smallest absolute Gasteiger partial charge is 0.335 e. The number of ether oxygens (including phenoxy) is 2. The summed E-state index contributed by atoms with van der Waals surface area (Å²) in [5, 5.41) is 17.9. The molecule has 0 spiro atoms. The third-order valence-electron chi connectivity index (χ3n) is 6.79. The van der Waals surface area contributed by atoms with E-state index in [4.69, 9.17) is 15.3 Å². The number of nitrogens with one attached hydrogen (secondary N) is 2. The molecule has 12 heteroatoms. The number of pyridine rings is 1. The highest BCUT2D eigenvalue weighted by atomic mass is 19.1. The van der Waals surface area contributed by atoms with E-state index in [1.807, 2.05) is 6.08 Å². The minimum Gasteiger partial charge on any atom is -0.457 e. The number of carbonyl (C=O) groups excluding carboxylic acids is 2. The van der Waals surface area contributed by atoms with Crippen molar-refractivity contribution in [3.05, 3.63) is 74.5 Å². The molecule has 0 saturated heterocycles. The highest BCUT2D eigenvalue weighted by Gasteiger charge is 2.34. The van der Waals surface area contributed by atoms with E-state index in [2.05, 4.69) is 17.2 Å². The Hall–Kier alpha value is -3.84. The van der Waals surface area contributed by atoms with Gasteiger partial charge in [0.1, 0.15) is 17.5 Å². The Kier molecular flexibility index (Phi) is 8.78. The van der Waals surface area contributed by atoms with Crippen molar-refractivity contribution >= 4 is 29.7 Å². The number of rotatable bonds is 11. The van der Waals surface area contributed by atoms with Gasteiger partial charge in [0.25, 0.3) is 5.56 Å². The summed E-state index contributed by atoms with van der Waals surface area (Å²) in [6.07, 6.45) is 0.804. The van der Waals surface area contributed by atoms with Crippen LogP contribution in [0.1, 0.15) is 55.3 Å². The van der Waals surface area contributed by atoms with Crippen molar-refractivity contribution in [1.82, 2.24) is 9.58 Å². The number of aromatic nitrogens is 1. The molecule has 0 bridgehead atoms. The molecule has 2 atom stereocenters. The van der Waals surface area contributed by atoms with Crippen molar-refractivity contribution in [3.8, 4) is 0 Å². The summed E-state index contributed by atoms with van der Waals surface area (Å²) in [6.45, 7) is 9.98. The summed E-state index contributed by atoms with van der Waals surface area (Å²) >= 11 is 0. The summed E-state index contributed by atoms with van der Waals surface area (Å²) in [6, 6.07) is 4.24. The molecule has 3 heterocycles. The highest BCUT2D eigenvalue weighted by Crippen LogP contribution is 2.42. The van der Waals surface area contributed by atoms with Crippen molar-refractivity contribution in [2.75, 3.05) is 37.4 Å². The summed E-state index contributed by atoms with van der Waals surface area (Å²) in [7, 11) is 1.43. The zero-order valence-corrected chi connectivity index (χ0v) is 23.6. The lowest BCUT2D eigenvalue weighted by Crippen LogP contribution is -2.38. The van der Waals surface area contributed by atoms with Crippen LogP contribution in [-0.4, -0.2) is 59.3 Å². The third-order valence-corrected chi connectivity index (χ3v) is 6.79. The van der Waals surface area contributed by atoms with Gasteiger partial charge in [-0.2, -0.15) is 0 Å². The van der Waals surface area contributed by atoms with Crippen LogP contribution in [0.15, 0.2) is 40.7 Å². The van der Waals surface area contributed by atoms with E-state index in [1.165, 1.54) is 18.2 Å². The molecule has 0 fully saturated rings. The van der Waals surface area contributed by atoms with Gasteiger partial charge in [-0.25, -0.2) is 14.2 Å². The van der Waals surface area contributed by atoms with E-state index < -0.39 is 29.5 Å². The third kappa shape index (κ3) is 6.57. The fraction of sp³-hybridized carbons (Fsp3) is 0.414. The van der Waals surface area contributed by atoms with Gasteiger partial charge in [0, 0.05) is 61.4 Å². The number of fused-ring (bicyclic) bond motifs is 4. The van der Waals surface area contributed by atoms with Crippen molar-refractivity contribution in [3.63, 3.8) is 0 Å². The number of aldehydes is 1. The number of aliphatic hydroxyl groups is 1. The van der Waals surface area contributed by atoms with E-state index in [0.29, 0.717) is 37.3 Å². The molecule has 0 saturated carbocycles. The number of hydrogen-bond acceptors (Lipinski definition) is 10. The molecule has 41 heavy (non-hydrogen) atoms. The molecule has 2 aromatic rings. The molecule has 2 aliphatic heterocycles. The van der Waals surface area contributed by atoms with Crippen LogP contribution < -0.4 is 22.0 Å².